The predicted molar refractivity (Wildman–Crippen MR) is 109 cm³/mol. The molecule has 1 saturated heterocycles. The van der Waals surface area contributed by atoms with Crippen LogP contribution in [0.4, 0.5) is 5.69 Å². The van der Waals surface area contributed by atoms with E-state index in [1.54, 1.807) is 36.5 Å². The van der Waals surface area contributed by atoms with E-state index in [0.29, 0.717) is 37.6 Å². The minimum absolute atomic E-state index is 0.147. The maximum atomic E-state index is 12.7. The van der Waals surface area contributed by atoms with Gasteiger partial charge in [-0.2, -0.15) is 4.31 Å². The van der Waals surface area contributed by atoms with Gasteiger partial charge in [0.25, 0.3) is 0 Å². The Kier molecular flexibility index (Phi) is 5.13. The van der Waals surface area contributed by atoms with Crippen molar-refractivity contribution < 1.29 is 18.3 Å². The molecule has 1 fully saturated rings. The van der Waals surface area contributed by atoms with E-state index in [4.69, 9.17) is 4.74 Å². The zero-order valence-corrected chi connectivity index (χ0v) is 16.0. The Bertz CT molecular complexity index is 1120. The number of ether oxygens (including phenoxy) is 1. The first-order chi connectivity index (χ1) is 13.6. The molecule has 0 aliphatic carbocycles. The second-order valence-electron chi connectivity index (χ2n) is 6.49. The molecular formula is C21H20N2O4S. The van der Waals surface area contributed by atoms with Gasteiger partial charge in [-0.3, -0.25) is 4.99 Å². The molecule has 0 atom stereocenters. The monoisotopic (exact) mass is 396 g/mol. The van der Waals surface area contributed by atoms with E-state index in [2.05, 4.69) is 4.99 Å². The van der Waals surface area contributed by atoms with Crippen LogP contribution in [0.2, 0.25) is 0 Å². The van der Waals surface area contributed by atoms with E-state index >= 15 is 0 Å². The summed E-state index contributed by atoms with van der Waals surface area (Å²) in [5, 5.41) is 12.1. The minimum atomic E-state index is -3.52. The zero-order chi connectivity index (χ0) is 19.6. The number of sulfonamides is 1. The molecule has 4 rings (SSSR count). The summed E-state index contributed by atoms with van der Waals surface area (Å²) in [5.74, 6) is 0.147. The number of aliphatic imine (C=N–C) groups is 1. The minimum Gasteiger partial charge on any atom is -0.507 e. The van der Waals surface area contributed by atoms with Gasteiger partial charge in [-0.05, 0) is 41.1 Å². The maximum absolute atomic E-state index is 12.7. The van der Waals surface area contributed by atoms with Crippen molar-refractivity contribution >= 4 is 32.7 Å². The molecule has 144 valence electrons. The predicted octanol–water partition coefficient (Wildman–Crippen LogP) is 3.32. The van der Waals surface area contributed by atoms with Crippen molar-refractivity contribution in [2.75, 3.05) is 26.3 Å². The summed E-state index contributed by atoms with van der Waals surface area (Å²) in [5.41, 5.74) is 1.23. The van der Waals surface area contributed by atoms with E-state index in [1.807, 2.05) is 30.3 Å². The Morgan fingerprint density at radius 3 is 2.43 bits per heavy atom. The summed E-state index contributed by atoms with van der Waals surface area (Å²) >= 11 is 0. The molecule has 28 heavy (non-hydrogen) atoms. The quantitative estimate of drug-likeness (QED) is 0.686. The number of nitrogens with zero attached hydrogens (tertiary/aromatic N) is 2. The number of morpholine rings is 1. The topological polar surface area (TPSA) is 79.2 Å². The third-order valence-electron chi connectivity index (χ3n) is 4.73. The molecule has 0 spiro atoms. The fraction of sp³-hybridized carbons (Fsp3) is 0.190. The number of hydrogen-bond donors (Lipinski definition) is 1. The van der Waals surface area contributed by atoms with Gasteiger partial charge in [-0.25, -0.2) is 8.42 Å². The SMILES string of the molecule is O=S(=O)(c1ccc(N=Cc2c(O)ccc3ccccc23)cc1)N1CCOCC1. The van der Waals surface area contributed by atoms with Gasteiger partial charge in [-0.1, -0.05) is 30.3 Å². The van der Waals surface area contributed by atoms with Crippen LogP contribution in [0.5, 0.6) is 5.75 Å². The van der Waals surface area contributed by atoms with Crippen LogP contribution in [0.3, 0.4) is 0 Å². The van der Waals surface area contributed by atoms with Gasteiger partial charge in [-0.15, -0.1) is 0 Å². The number of phenols is 1. The van der Waals surface area contributed by atoms with E-state index in [9.17, 15) is 13.5 Å². The fourth-order valence-electron chi connectivity index (χ4n) is 3.20. The highest BCUT2D eigenvalue weighted by Gasteiger charge is 2.26. The summed E-state index contributed by atoms with van der Waals surface area (Å²) in [7, 11) is -3.52. The van der Waals surface area contributed by atoms with Gasteiger partial charge in [0.2, 0.25) is 10.0 Å². The number of phenolic OH excluding ortho intramolecular Hbond substituents is 1. The molecule has 0 amide bonds. The van der Waals surface area contributed by atoms with Crippen molar-refractivity contribution in [2.24, 2.45) is 4.99 Å². The van der Waals surface area contributed by atoms with E-state index in [-0.39, 0.29) is 10.6 Å². The van der Waals surface area contributed by atoms with E-state index < -0.39 is 10.0 Å². The zero-order valence-electron chi connectivity index (χ0n) is 15.2. The number of aromatic hydroxyl groups is 1. The first-order valence-corrected chi connectivity index (χ1v) is 10.4. The Hall–Kier alpha value is -2.74. The molecule has 3 aromatic rings. The lowest BCUT2D eigenvalue weighted by Gasteiger charge is -2.26. The van der Waals surface area contributed by atoms with Gasteiger partial charge in [0.1, 0.15) is 5.75 Å². The number of rotatable bonds is 4. The Labute approximate surface area is 163 Å². The van der Waals surface area contributed by atoms with Crippen LogP contribution in [0.1, 0.15) is 5.56 Å². The molecule has 1 aliphatic heterocycles. The van der Waals surface area contributed by atoms with Crippen molar-refractivity contribution in [3.8, 4) is 5.75 Å². The van der Waals surface area contributed by atoms with Crippen LogP contribution >= 0.6 is 0 Å². The van der Waals surface area contributed by atoms with Gasteiger partial charge in [0, 0.05) is 24.9 Å². The Balaban J connectivity index is 1.60. The average molecular weight is 396 g/mol. The number of fused-ring (bicyclic) bond motifs is 1. The highest BCUT2D eigenvalue weighted by atomic mass is 32.2. The second-order valence-corrected chi connectivity index (χ2v) is 8.43. The van der Waals surface area contributed by atoms with Crippen molar-refractivity contribution in [1.29, 1.82) is 0 Å². The Morgan fingerprint density at radius 2 is 1.68 bits per heavy atom. The second kappa shape index (κ2) is 7.71. The van der Waals surface area contributed by atoms with Gasteiger partial charge >= 0.3 is 0 Å². The van der Waals surface area contributed by atoms with Crippen LogP contribution in [0.25, 0.3) is 10.8 Å². The van der Waals surface area contributed by atoms with Crippen LogP contribution in [0, 0.1) is 0 Å². The molecule has 0 radical (unpaired) electrons. The van der Waals surface area contributed by atoms with Crippen LogP contribution in [0.15, 0.2) is 70.6 Å². The number of benzene rings is 3. The lowest BCUT2D eigenvalue weighted by Crippen LogP contribution is -2.40. The maximum Gasteiger partial charge on any atom is 0.243 e. The highest BCUT2D eigenvalue weighted by Crippen LogP contribution is 2.27. The molecule has 0 unspecified atom stereocenters. The summed E-state index contributed by atoms with van der Waals surface area (Å²) in [6.07, 6.45) is 1.60. The van der Waals surface area contributed by atoms with Crippen LogP contribution in [-0.2, 0) is 14.8 Å². The summed E-state index contributed by atoms with van der Waals surface area (Å²) in [6.45, 7) is 1.55. The van der Waals surface area contributed by atoms with Crippen molar-refractivity contribution in [3.05, 3.63) is 66.2 Å². The molecule has 7 heteroatoms. The standard InChI is InChI=1S/C21H20N2O4S/c24-21-10-5-16-3-1-2-4-19(16)20(21)15-22-17-6-8-18(9-7-17)28(25,26)23-11-13-27-14-12-23/h1-10,15,24H,11-14H2. The van der Waals surface area contributed by atoms with Crippen LogP contribution < -0.4 is 0 Å². The summed E-state index contributed by atoms with van der Waals surface area (Å²) in [4.78, 5) is 4.65. The summed E-state index contributed by atoms with van der Waals surface area (Å²) < 4.78 is 32.0. The summed E-state index contributed by atoms with van der Waals surface area (Å²) in [6, 6.07) is 17.7. The number of hydrogen-bond acceptors (Lipinski definition) is 5. The normalized spacial score (nSPS) is 16.0. The van der Waals surface area contributed by atoms with Gasteiger partial charge in [0.05, 0.1) is 23.8 Å². The highest BCUT2D eigenvalue weighted by molar-refractivity contribution is 7.89. The lowest BCUT2D eigenvalue weighted by molar-refractivity contribution is 0.0730. The fourth-order valence-corrected chi connectivity index (χ4v) is 4.61. The van der Waals surface area contributed by atoms with Crippen molar-refractivity contribution in [3.63, 3.8) is 0 Å². The van der Waals surface area contributed by atoms with E-state index in [1.165, 1.54) is 4.31 Å². The van der Waals surface area contributed by atoms with Crippen molar-refractivity contribution in [1.82, 2.24) is 4.31 Å². The molecule has 0 saturated carbocycles. The smallest absolute Gasteiger partial charge is 0.243 e. The van der Waals surface area contributed by atoms with E-state index in [0.717, 1.165) is 10.8 Å². The van der Waals surface area contributed by atoms with Gasteiger partial charge < -0.3 is 9.84 Å². The van der Waals surface area contributed by atoms with Crippen LogP contribution in [-0.4, -0.2) is 50.3 Å². The third kappa shape index (κ3) is 3.64. The van der Waals surface area contributed by atoms with Crippen molar-refractivity contribution in [2.45, 2.75) is 4.90 Å². The molecule has 6 nitrogen and oxygen atoms in total. The molecule has 1 N–H and O–H groups in total. The third-order valence-corrected chi connectivity index (χ3v) is 6.65. The first kappa shape index (κ1) is 18.6. The lowest BCUT2D eigenvalue weighted by atomic mass is 10.0. The molecule has 3 aromatic carbocycles. The average Bonchev–Trinajstić information content (AvgIpc) is 2.74. The molecule has 1 heterocycles. The van der Waals surface area contributed by atoms with Gasteiger partial charge in [0.15, 0.2) is 0 Å². The first-order valence-electron chi connectivity index (χ1n) is 8.98. The Morgan fingerprint density at radius 1 is 0.964 bits per heavy atom. The molecule has 0 aromatic heterocycles. The molecule has 1 aliphatic rings. The largest absolute Gasteiger partial charge is 0.507 e. The molecular weight excluding hydrogens is 376 g/mol. The molecule has 0 bridgehead atoms.